The molecule has 3 heterocycles. The molecule has 0 amide bonds. The molecule has 126 valence electrons. The van der Waals surface area contributed by atoms with E-state index < -0.39 is 35.7 Å². The number of hydrogen-bond acceptors (Lipinski definition) is 6. The first-order valence-electron chi connectivity index (χ1n) is 7.72. The second kappa shape index (κ2) is 5.00. The van der Waals surface area contributed by atoms with E-state index in [1.807, 2.05) is 34.6 Å². The van der Waals surface area contributed by atoms with Crippen LogP contribution in [-0.2, 0) is 23.7 Å². The van der Waals surface area contributed by atoms with Gasteiger partial charge in [0.25, 0.3) is 0 Å². The van der Waals surface area contributed by atoms with Crippen LogP contribution in [0.4, 0.5) is 0 Å². The minimum atomic E-state index is -1.25. The zero-order chi connectivity index (χ0) is 16.3. The number of fused-ring (bicyclic) bond motifs is 1. The normalized spacial score (nSPS) is 45.9. The van der Waals surface area contributed by atoms with Crippen LogP contribution >= 0.6 is 0 Å². The molecule has 22 heavy (non-hydrogen) atoms. The maximum absolute atomic E-state index is 11.3. The summed E-state index contributed by atoms with van der Waals surface area (Å²) < 4.78 is 29.1. The van der Waals surface area contributed by atoms with Crippen LogP contribution in [0.2, 0.25) is 0 Å². The van der Waals surface area contributed by atoms with Crippen molar-refractivity contribution < 1.29 is 28.8 Å². The summed E-state index contributed by atoms with van der Waals surface area (Å²) in [6.07, 6.45) is -1.79. The Hall–Kier alpha value is -0.500. The fourth-order valence-corrected chi connectivity index (χ4v) is 3.55. The van der Waals surface area contributed by atoms with Gasteiger partial charge in [-0.15, -0.1) is 6.58 Å². The van der Waals surface area contributed by atoms with Gasteiger partial charge in [-0.25, -0.2) is 0 Å². The Morgan fingerprint density at radius 1 is 1.09 bits per heavy atom. The van der Waals surface area contributed by atoms with E-state index in [9.17, 15) is 5.11 Å². The molecule has 0 spiro atoms. The van der Waals surface area contributed by atoms with E-state index in [4.69, 9.17) is 23.7 Å². The molecule has 3 rings (SSSR count). The highest BCUT2D eigenvalue weighted by Gasteiger charge is 2.65. The third-order valence-corrected chi connectivity index (χ3v) is 4.28. The number of ether oxygens (including phenoxy) is 5. The van der Waals surface area contributed by atoms with Crippen molar-refractivity contribution in [3.05, 3.63) is 12.2 Å². The first-order valence-corrected chi connectivity index (χ1v) is 7.72. The molecular formula is C16H26O6. The predicted molar refractivity (Wildman–Crippen MR) is 78.0 cm³/mol. The molecule has 3 aliphatic heterocycles. The molecule has 0 bridgehead atoms. The van der Waals surface area contributed by atoms with Crippen LogP contribution in [0.3, 0.4) is 0 Å². The van der Waals surface area contributed by atoms with Gasteiger partial charge in [-0.05, 0) is 34.6 Å². The molecule has 6 nitrogen and oxygen atoms in total. The van der Waals surface area contributed by atoms with Gasteiger partial charge < -0.3 is 28.8 Å². The quantitative estimate of drug-likeness (QED) is 0.800. The van der Waals surface area contributed by atoms with Crippen LogP contribution in [0.1, 0.15) is 41.0 Å². The van der Waals surface area contributed by atoms with Crippen molar-refractivity contribution in [3.8, 4) is 0 Å². The lowest BCUT2D eigenvalue weighted by Gasteiger charge is -2.36. The average molecular weight is 314 g/mol. The fourth-order valence-electron chi connectivity index (χ4n) is 3.55. The molecule has 0 unspecified atom stereocenters. The van der Waals surface area contributed by atoms with Crippen LogP contribution in [0.5, 0.6) is 0 Å². The van der Waals surface area contributed by atoms with E-state index >= 15 is 0 Å². The summed E-state index contributed by atoms with van der Waals surface area (Å²) >= 11 is 0. The number of rotatable bonds is 3. The molecule has 3 fully saturated rings. The molecule has 3 aliphatic rings. The molecule has 0 aliphatic carbocycles. The summed E-state index contributed by atoms with van der Waals surface area (Å²) in [6, 6.07) is 0. The second-order valence-electron chi connectivity index (χ2n) is 7.47. The average Bonchev–Trinajstić information content (AvgIpc) is 2.91. The van der Waals surface area contributed by atoms with Gasteiger partial charge in [0.05, 0.1) is 6.61 Å². The molecule has 3 saturated heterocycles. The monoisotopic (exact) mass is 314 g/mol. The van der Waals surface area contributed by atoms with Gasteiger partial charge in [0.1, 0.15) is 23.9 Å². The SMILES string of the molecule is C=C(C)C[C@@]1(O)[C@@H]([C@H]2COC(C)(C)O2)O[C@@H]2OC(C)(C)O[C@@H]21. The molecule has 0 saturated carbocycles. The molecule has 0 aromatic rings. The highest BCUT2D eigenvalue weighted by molar-refractivity contribution is 5.13. The summed E-state index contributed by atoms with van der Waals surface area (Å²) in [7, 11) is 0. The Labute approximate surface area is 131 Å². The minimum absolute atomic E-state index is 0.360. The molecule has 0 aromatic carbocycles. The van der Waals surface area contributed by atoms with Crippen molar-refractivity contribution >= 4 is 0 Å². The Bertz CT molecular complexity index is 473. The lowest BCUT2D eigenvalue weighted by atomic mass is 9.84. The number of aliphatic hydroxyl groups is 1. The Morgan fingerprint density at radius 2 is 1.77 bits per heavy atom. The lowest BCUT2D eigenvalue weighted by molar-refractivity contribution is -0.247. The van der Waals surface area contributed by atoms with Crippen molar-refractivity contribution in [1.82, 2.24) is 0 Å². The lowest BCUT2D eigenvalue weighted by Crippen LogP contribution is -2.54. The molecular weight excluding hydrogens is 288 g/mol. The van der Waals surface area contributed by atoms with Crippen molar-refractivity contribution in [2.24, 2.45) is 0 Å². The van der Waals surface area contributed by atoms with Gasteiger partial charge in [-0.2, -0.15) is 0 Å². The van der Waals surface area contributed by atoms with E-state index in [1.54, 1.807) is 0 Å². The van der Waals surface area contributed by atoms with Gasteiger partial charge in [0, 0.05) is 6.42 Å². The topological polar surface area (TPSA) is 66.4 Å². The number of hydrogen-bond donors (Lipinski definition) is 1. The Morgan fingerprint density at radius 3 is 2.32 bits per heavy atom. The zero-order valence-corrected chi connectivity index (χ0v) is 13.9. The smallest absolute Gasteiger partial charge is 0.190 e. The summed E-state index contributed by atoms with van der Waals surface area (Å²) in [4.78, 5) is 0. The highest BCUT2D eigenvalue weighted by atomic mass is 16.8. The zero-order valence-electron chi connectivity index (χ0n) is 13.9. The van der Waals surface area contributed by atoms with Gasteiger partial charge in [0.15, 0.2) is 17.9 Å². The van der Waals surface area contributed by atoms with E-state index in [0.717, 1.165) is 5.57 Å². The van der Waals surface area contributed by atoms with Crippen LogP contribution in [0, 0.1) is 0 Å². The molecule has 1 N–H and O–H groups in total. The highest BCUT2D eigenvalue weighted by Crippen LogP contribution is 2.48. The summed E-state index contributed by atoms with van der Waals surface area (Å²) in [5.41, 5.74) is -0.401. The van der Waals surface area contributed by atoms with Gasteiger partial charge in [0.2, 0.25) is 0 Å². The van der Waals surface area contributed by atoms with E-state index in [2.05, 4.69) is 6.58 Å². The predicted octanol–water partition coefficient (Wildman–Crippen LogP) is 1.71. The van der Waals surface area contributed by atoms with E-state index in [1.165, 1.54) is 0 Å². The molecule has 5 atom stereocenters. The van der Waals surface area contributed by atoms with Crippen molar-refractivity contribution in [1.29, 1.82) is 0 Å². The fraction of sp³-hybridized carbons (Fsp3) is 0.875. The van der Waals surface area contributed by atoms with Gasteiger partial charge in [-0.1, -0.05) is 5.57 Å². The maximum Gasteiger partial charge on any atom is 0.190 e. The Kier molecular flexibility index (Phi) is 3.72. The Balaban J connectivity index is 1.86. The third-order valence-electron chi connectivity index (χ3n) is 4.28. The summed E-state index contributed by atoms with van der Waals surface area (Å²) in [5.74, 6) is -1.47. The minimum Gasteiger partial charge on any atom is -0.384 e. The first-order chi connectivity index (χ1) is 10.0. The summed E-state index contributed by atoms with van der Waals surface area (Å²) in [5, 5.41) is 11.3. The molecule has 0 radical (unpaired) electrons. The van der Waals surface area contributed by atoms with Gasteiger partial charge >= 0.3 is 0 Å². The summed E-state index contributed by atoms with van der Waals surface area (Å²) in [6.45, 7) is 13.5. The standard InChI is InChI=1S/C16H26O6/c1-9(2)7-16(17)11(10-8-18-14(3,4)20-10)19-13-12(16)21-15(5,6)22-13/h10-13,17H,1,7-8H2,2-6H3/t10-,11-,12+,13-,16-/m1/s1. The largest absolute Gasteiger partial charge is 0.384 e. The molecule has 6 heteroatoms. The third kappa shape index (κ3) is 2.72. The first kappa shape index (κ1) is 16.4. The van der Waals surface area contributed by atoms with Gasteiger partial charge in [-0.3, -0.25) is 0 Å². The second-order valence-corrected chi connectivity index (χ2v) is 7.47. The molecule has 0 aromatic heterocycles. The van der Waals surface area contributed by atoms with Crippen LogP contribution in [0.25, 0.3) is 0 Å². The van der Waals surface area contributed by atoms with Crippen LogP contribution in [-0.4, -0.2) is 53.5 Å². The van der Waals surface area contributed by atoms with E-state index in [0.29, 0.717) is 13.0 Å². The van der Waals surface area contributed by atoms with Crippen molar-refractivity contribution in [2.45, 2.75) is 82.8 Å². The van der Waals surface area contributed by atoms with Crippen LogP contribution < -0.4 is 0 Å². The van der Waals surface area contributed by atoms with Crippen molar-refractivity contribution in [3.63, 3.8) is 0 Å². The van der Waals surface area contributed by atoms with Crippen molar-refractivity contribution in [2.75, 3.05) is 6.61 Å². The van der Waals surface area contributed by atoms with Crippen LogP contribution in [0.15, 0.2) is 12.2 Å². The van der Waals surface area contributed by atoms with E-state index in [-0.39, 0.29) is 6.10 Å². The maximum atomic E-state index is 11.3.